The zero-order chi connectivity index (χ0) is 9.14. The van der Waals surface area contributed by atoms with Crippen LogP contribution in [0.2, 0.25) is 0 Å². The monoisotopic (exact) mass is 178 g/mol. The lowest BCUT2D eigenvalue weighted by Gasteiger charge is -2.15. The van der Waals surface area contributed by atoms with Crippen molar-refractivity contribution in [3.05, 3.63) is 0 Å². The van der Waals surface area contributed by atoms with Gasteiger partial charge in [-0.3, -0.25) is 0 Å². The number of rotatable bonds is 3. The number of hydrogen-bond donors (Lipinski definition) is 2. The molecule has 0 radical (unpaired) electrons. The van der Waals surface area contributed by atoms with Gasteiger partial charge in [0.2, 0.25) is 0 Å². The molecule has 4 atom stereocenters. The second-order valence-corrected chi connectivity index (χ2v) is 2.65. The van der Waals surface area contributed by atoms with E-state index in [0.29, 0.717) is 0 Å². The number of aliphatic hydroxyl groups is 2. The van der Waals surface area contributed by atoms with Crippen LogP contribution in [-0.2, 0) is 14.2 Å². The van der Waals surface area contributed by atoms with Crippen LogP contribution < -0.4 is 0 Å². The van der Waals surface area contributed by atoms with Gasteiger partial charge >= 0.3 is 0 Å². The molecule has 1 heterocycles. The third-order valence-electron chi connectivity index (χ3n) is 1.98. The minimum absolute atomic E-state index is 0.185. The minimum atomic E-state index is -0.836. The van der Waals surface area contributed by atoms with Crippen LogP contribution in [0.4, 0.5) is 0 Å². The second-order valence-electron chi connectivity index (χ2n) is 2.65. The molecule has 0 aromatic rings. The quantitative estimate of drug-likeness (QED) is 0.563. The van der Waals surface area contributed by atoms with Gasteiger partial charge in [0.15, 0.2) is 6.29 Å². The Bertz CT molecular complexity index is 138. The zero-order valence-electron chi connectivity index (χ0n) is 7.14. The first kappa shape index (κ1) is 9.88. The van der Waals surface area contributed by atoms with Crippen molar-refractivity contribution in [3.63, 3.8) is 0 Å². The Morgan fingerprint density at radius 1 is 1.33 bits per heavy atom. The molecule has 5 nitrogen and oxygen atoms in total. The Labute approximate surface area is 70.9 Å². The van der Waals surface area contributed by atoms with Crippen LogP contribution in [-0.4, -0.2) is 55.6 Å². The maximum absolute atomic E-state index is 9.46. The van der Waals surface area contributed by atoms with E-state index in [1.54, 1.807) is 0 Å². The van der Waals surface area contributed by atoms with Gasteiger partial charge in [0.05, 0.1) is 6.61 Å². The molecule has 0 saturated carbocycles. The topological polar surface area (TPSA) is 68.2 Å². The van der Waals surface area contributed by atoms with E-state index < -0.39 is 24.6 Å². The number of ether oxygens (including phenoxy) is 3. The third kappa shape index (κ3) is 1.60. The van der Waals surface area contributed by atoms with Gasteiger partial charge in [0, 0.05) is 14.2 Å². The van der Waals surface area contributed by atoms with Crippen LogP contribution >= 0.6 is 0 Å². The highest BCUT2D eigenvalue weighted by molar-refractivity contribution is 4.87. The lowest BCUT2D eigenvalue weighted by atomic mass is 10.1. The Kier molecular flexibility index (Phi) is 3.42. The largest absolute Gasteiger partial charge is 0.394 e. The van der Waals surface area contributed by atoms with Gasteiger partial charge in [-0.1, -0.05) is 0 Å². The zero-order valence-corrected chi connectivity index (χ0v) is 7.14. The summed E-state index contributed by atoms with van der Waals surface area (Å²) < 4.78 is 14.9. The van der Waals surface area contributed by atoms with Crippen molar-refractivity contribution in [3.8, 4) is 0 Å². The van der Waals surface area contributed by atoms with E-state index in [1.165, 1.54) is 14.2 Å². The molecule has 0 amide bonds. The van der Waals surface area contributed by atoms with E-state index in [0.717, 1.165) is 0 Å². The number of methoxy groups -OCH3 is 2. The molecule has 1 aliphatic heterocycles. The lowest BCUT2D eigenvalue weighted by Crippen LogP contribution is -2.36. The second kappa shape index (κ2) is 4.15. The van der Waals surface area contributed by atoms with Gasteiger partial charge in [-0.15, -0.1) is 0 Å². The Hall–Kier alpha value is -0.200. The fourth-order valence-electron chi connectivity index (χ4n) is 1.34. The molecule has 0 spiro atoms. The molecule has 1 saturated heterocycles. The Morgan fingerprint density at radius 2 is 2.00 bits per heavy atom. The summed E-state index contributed by atoms with van der Waals surface area (Å²) in [5, 5.41) is 18.3. The predicted octanol–water partition coefficient (Wildman–Crippen LogP) is -1.27. The molecule has 72 valence electrons. The highest BCUT2D eigenvalue weighted by atomic mass is 16.7. The first-order valence-electron chi connectivity index (χ1n) is 3.74. The summed E-state index contributed by atoms with van der Waals surface area (Å²) in [6.45, 7) is -0.185. The predicted molar refractivity (Wildman–Crippen MR) is 39.6 cm³/mol. The molecule has 1 aliphatic rings. The molecule has 5 heteroatoms. The first-order chi connectivity index (χ1) is 5.74. The Morgan fingerprint density at radius 3 is 2.33 bits per heavy atom. The van der Waals surface area contributed by atoms with Crippen molar-refractivity contribution < 1.29 is 24.4 Å². The van der Waals surface area contributed by atoms with E-state index in [1.807, 2.05) is 0 Å². The molecule has 0 aromatic carbocycles. The molecule has 0 unspecified atom stereocenters. The maximum Gasteiger partial charge on any atom is 0.186 e. The molecular formula is C7H14O5. The van der Waals surface area contributed by atoms with Crippen LogP contribution in [0.25, 0.3) is 0 Å². The van der Waals surface area contributed by atoms with Crippen molar-refractivity contribution >= 4 is 0 Å². The van der Waals surface area contributed by atoms with Crippen LogP contribution in [0, 0.1) is 0 Å². The summed E-state index contributed by atoms with van der Waals surface area (Å²) in [6, 6.07) is 0. The van der Waals surface area contributed by atoms with E-state index in [-0.39, 0.29) is 6.61 Å². The smallest absolute Gasteiger partial charge is 0.186 e. The summed E-state index contributed by atoms with van der Waals surface area (Å²) in [4.78, 5) is 0. The SMILES string of the molecule is CO[C@@H]1O[C@H](CO)[C@@H](OC)[C@@H]1O. The van der Waals surface area contributed by atoms with Crippen molar-refractivity contribution in [1.29, 1.82) is 0 Å². The summed E-state index contributed by atoms with van der Waals surface area (Å²) in [7, 11) is 2.89. The van der Waals surface area contributed by atoms with E-state index in [4.69, 9.17) is 19.3 Å². The van der Waals surface area contributed by atoms with Gasteiger partial charge in [0.25, 0.3) is 0 Å². The highest BCUT2D eigenvalue weighted by Crippen LogP contribution is 2.23. The molecule has 0 aliphatic carbocycles. The van der Waals surface area contributed by atoms with Crippen LogP contribution in [0.15, 0.2) is 0 Å². The van der Waals surface area contributed by atoms with Crippen molar-refractivity contribution in [2.45, 2.75) is 24.6 Å². The lowest BCUT2D eigenvalue weighted by molar-refractivity contribution is -0.153. The van der Waals surface area contributed by atoms with Crippen molar-refractivity contribution in [2.24, 2.45) is 0 Å². The summed E-state index contributed by atoms with van der Waals surface area (Å²) in [5.74, 6) is 0. The Balaban J connectivity index is 2.58. The molecule has 12 heavy (non-hydrogen) atoms. The van der Waals surface area contributed by atoms with Gasteiger partial charge in [-0.05, 0) is 0 Å². The fourth-order valence-corrected chi connectivity index (χ4v) is 1.34. The average molecular weight is 178 g/mol. The molecular weight excluding hydrogens is 164 g/mol. The summed E-state index contributed by atoms with van der Waals surface area (Å²) >= 11 is 0. The molecule has 1 fully saturated rings. The van der Waals surface area contributed by atoms with Crippen LogP contribution in [0.3, 0.4) is 0 Å². The van der Waals surface area contributed by atoms with Gasteiger partial charge in [0.1, 0.15) is 18.3 Å². The standard InChI is InChI=1S/C7H14O5/c1-10-6-4(3-8)12-7(11-2)5(6)9/h4-9H,3H2,1-2H3/t4-,5+,6-,7-/m1/s1. The van der Waals surface area contributed by atoms with Crippen molar-refractivity contribution in [2.75, 3.05) is 20.8 Å². The summed E-state index contributed by atoms with van der Waals surface area (Å²) in [6.07, 6.45) is -2.56. The van der Waals surface area contributed by atoms with E-state index in [2.05, 4.69) is 0 Å². The minimum Gasteiger partial charge on any atom is -0.394 e. The molecule has 0 aromatic heterocycles. The van der Waals surface area contributed by atoms with Gasteiger partial charge < -0.3 is 24.4 Å². The highest BCUT2D eigenvalue weighted by Gasteiger charge is 2.43. The van der Waals surface area contributed by atoms with Crippen molar-refractivity contribution in [1.82, 2.24) is 0 Å². The van der Waals surface area contributed by atoms with E-state index in [9.17, 15) is 5.11 Å². The molecule has 0 bridgehead atoms. The maximum atomic E-state index is 9.46. The van der Waals surface area contributed by atoms with Crippen LogP contribution in [0.5, 0.6) is 0 Å². The van der Waals surface area contributed by atoms with Gasteiger partial charge in [-0.2, -0.15) is 0 Å². The summed E-state index contributed by atoms with van der Waals surface area (Å²) in [5.41, 5.74) is 0. The first-order valence-corrected chi connectivity index (χ1v) is 3.74. The van der Waals surface area contributed by atoms with Crippen LogP contribution in [0.1, 0.15) is 0 Å². The normalized spacial score (nSPS) is 42.0. The average Bonchev–Trinajstić information content (AvgIpc) is 2.41. The van der Waals surface area contributed by atoms with Gasteiger partial charge in [-0.25, -0.2) is 0 Å². The third-order valence-corrected chi connectivity index (χ3v) is 1.98. The number of hydrogen-bond acceptors (Lipinski definition) is 5. The van der Waals surface area contributed by atoms with E-state index >= 15 is 0 Å². The molecule has 1 rings (SSSR count). The number of aliphatic hydroxyl groups excluding tert-OH is 2. The fraction of sp³-hybridized carbons (Fsp3) is 1.00. The molecule has 2 N–H and O–H groups in total.